The first-order valence-electron chi connectivity index (χ1n) is 6.31. The first-order valence-corrected chi connectivity index (χ1v) is 8.14. The molecule has 21 heavy (non-hydrogen) atoms. The van der Waals surface area contributed by atoms with Crippen LogP contribution >= 0.6 is 45.8 Å². The lowest BCUT2D eigenvalue weighted by molar-refractivity contribution is 0.307. The van der Waals surface area contributed by atoms with Crippen LogP contribution in [0.15, 0.2) is 34.9 Å². The number of nitrogens with zero attached hydrogens (tertiary/aromatic N) is 1. The van der Waals surface area contributed by atoms with Crippen molar-refractivity contribution in [3.8, 4) is 0 Å². The van der Waals surface area contributed by atoms with Gasteiger partial charge in [0, 0.05) is 34.8 Å². The topological polar surface area (TPSA) is 39.3 Å². The third kappa shape index (κ3) is 3.02. The van der Waals surface area contributed by atoms with Crippen molar-refractivity contribution in [1.82, 2.24) is 21.1 Å². The molecule has 3 N–H and O–H groups in total. The molecule has 0 spiro atoms. The maximum atomic E-state index is 13.7. The van der Waals surface area contributed by atoms with Crippen molar-refractivity contribution in [1.29, 1.82) is 0 Å². The van der Waals surface area contributed by atoms with Gasteiger partial charge in [0.15, 0.2) is 0 Å². The Balaban J connectivity index is 1.93. The molecule has 0 unspecified atom stereocenters. The van der Waals surface area contributed by atoms with E-state index >= 15 is 0 Å². The average molecular weight is 441 g/mol. The van der Waals surface area contributed by atoms with E-state index in [-0.39, 0.29) is 5.02 Å². The number of benzene rings is 1. The van der Waals surface area contributed by atoms with Crippen LogP contribution in [0.25, 0.3) is 0 Å². The van der Waals surface area contributed by atoms with Gasteiger partial charge in [0.25, 0.3) is 0 Å². The van der Waals surface area contributed by atoms with Gasteiger partial charge in [-0.3, -0.25) is 10.9 Å². The number of hydrogen-bond donors (Lipinski definition) is 3. The number of nitrogens with one attached hydrogen (secondary N) is 3. The number of halogens is 4. The minimum Gasteiger partial charge on any atom is -0.367 e. The van der Waals surface area contributed by atoms with Crippen LogP contribution in [0.4, 0.5) is 4.39 Å². The summed E-state index contributed by atoms with van der Waals surface area (Å²) in [6.45, 7) is 2.09. The second-order valence-electron chi connectivity index (χ2n) is 4.67. The molecular weight excluding hydrogens is 429 g/mol. The van der Waals surface area contributed by atoms with Crippen LogP contribution in [-0.2, 0) is 6.54 Å². The highest BCUT2D eigenvalue weighted by atomic mass is 127. The zero-order valence-corrected chi connectivity index (χ0v) is 14.5. The molecule has 4 nitrogen and oxygen atoms in total. The lowest BCUT2D eigenvalue weighted by Crippen LogP contribution is -2.48. The highest BCUT2D eigenvalue weighted by molar-refractivity contribution is 14.1. The lowest BCUT2D eigenvalue weighted by atomic mass is 10.1. The van der Waals surface area contributed by atoms with Crippen molar-refractivity contribution in [2.75, 3.05) is 13.1 Å². The van der Waals surface area contributed by atoms with Gasteiger partial charge in [-0.05, 0) is 34.7 Å². The Kier molecular flexibility index (Phi) is 4.37. The van der Waals surface area contributed by atoms with Crippen LogP contribution in [0.3, 0.4) is 0 Å². The van der Waals surface area contributed by atoms with Crippen LogP contribution in [0, 0.1) is 9.39 Å². The third-order valence-electron chi connectivity index (χ3n) is 3.34. The molecule has 8 heteroatoms. The van der Waals surface area contributed by atoms with E-state index < -0.39 is 5.82 Å². The summed E-state index contributed by atoms with van der Waals surface area (Å²) < 4.78 is 14.6. The van der Waals surface area contributed by atoms with Gasteiger partial charge in [0.1, 0.15) is 16.8 Å². The SMILES string of the molecule is Fc1ccc(I)c(CN2CCNC3=C2C=C(Cl)NN3)c1Cl. The fourth-order valence-electron chi connectivity index (χ4n) is 2.30. The Labute approximate surface area is 145 Å². The molecule has 0 fully saturated rings. The molecule has 1 aromatic carbocycles. The molecule has 3 rings (SSSR count). The minimum absolute atomic E-state index is 0.180. The number of rotatable bonds is 2. The highest BCUT2D eigenvalue weighted by Gasteiger charge is 2.23. The zero-order chi connectivity index (χ0) is 15.0. The molecular formula is C13H12Cl2FIN4. The van der Waals surface area contributed by atoms with Crippen LogP contribution in [0.2, 0.25) is 5.02 Å². The van der Waals surface area contributed by atoms with Crippen molar-refractivity contribution in [3.63, 3.8) is 0 Å². The predicted octanol–water partition coefficient (Wildman–Crippen LogP) is 2.85. The predicted molar refractivity (Wildman–Crippen MR) is 89.8 cm³/mol. The van der Waals surface area contributed by atoms with E-state index in [1.165, 1.54) is 6.07 Å². The molecule has 0 radical (unpaired) electrons. The van der Waals surface area contributed by atoms with Gasteiger partial charge in [-0.1, -0.05) is 23.2 Å². The summed E-state index contributed by atoms with van der Waals surface area (Å²) in [5.41, 5.74) is 7.55. The molecule has 2 heterocycles. The molecule has 112 valence electrons. The molecule has 0 aliphatic carbocycles. The van der Waals surface area contributed by atoms with E-state index in [4.69, 9.17) is 23.2 Å². The Morgan fingerprint density at radius 2 is 2.10 bits per heavy atom. The number of hydrazine groups is 1. The van der Waals surface area contributed by atoms with Crippen molar-refractivity contribution in [2.24, 2.45) is 0 Å². The highest BCUT2D eigenvalue weighted by Crippen LogP contribution is 2.29. The van der Waals surface area contributed by atoms with E-state index in [1.54, 1.807) is 6.07 Å². The van der Waals surface area contributed by atoms with E-state index in [9.17, 15) is 4.39 Å². The summed E-state index contributed by atoms with van der Waals surface area (Å²) in [5.74, 6) is 0.460. The monoisotopic (exact) mass is 440 g/mol. The van der Waals surface area contributed by atoms with Crippen LogP contribution in [0.1, 0.15) is 5.56 Å². The van der Waals surface area contributed by atoms with E-state index in [2.05, 4.69) is 43.7 Å². The van der Waals surface area contributed by atoms with E-state index in [0.717, 1.165) is 33.7 Å². The standard InChI is InChI=1S/C13H12Cl2FIN4/c14-11-5-10-13(20-19-11)18-3-4-21(10)6-7-9(17)2-1-8(16)12(7)15/h1-2,5,18-20H,3-4,6H2. The summed E-state index contributed by atoms with van der Waals surface area (Å²) in [4.78, 5) is 2.12. The Morgan fingerprint density at radius 1 is 1.29 bits per heavy atom. The Bertz CT molecular complexity index is 647. The van der Waals surface area contributed by atoms with Gasteiger partial charge in [-0.15, -0.1) is 0 Å². The second-order valence-corrected chi connectivity index (χ2v) is 6.62. The Morgan fingerprint density at radius 3 is 2.90 bits per heavy atom. The summed E-state index contributed by atoms with van der Waals surface area (Å²) in [6, 6.07) is 3.12. The van der Waals surface area contributed by atoms with E-state index in [0.29, 0.717) is 11.7 Å². The van der Waals surface area contributed by atoms with Gasteiger partial charge in [0.2, 0.25) is 0 Å². The molecule has 0 atom stereocenters. The van der Waals surface area contributed by atoms with Crippen molar-refractivity contribution in [2.45, 2.75) is 6.54 Å². The lowest BCUT2D eigenvalue weighted by Gasteiger charge is -2.36. The van der Waals surface area contributed by atoms with Crippen molar-refractivity contribution < 1.29 is 4.39 Å². The zero-order valence-electron chi connectivity index (χ0n) is 10.8. The maximum absolute atomic E-state index is 13.7. The largest absolute Gasteiger partial charge is 0.367 e. The van der Waals surface area contributed by atoms with Gasteiger partial charge in [0.05, 0.1) is 10.7 Å². The second kappa shape index (κ2) is 6.10. The van der Waals surface area contributed by atoms with Crippen molar-refractivity contribution >= 4 is 45.8 Å². The van der Waals surface area contributed by atoms with E-state index in [1.807, 2.05) is 6.08 Å². The molecule has 0 saturated heterocycles. The third-order valence-corrected chi connectivity index (χ3v) is 4.96. The Hall–Kier alpha value is -0.860. The van der Waals surface area contributed by atoms with Gasteiger partial charge in [-0.25, -0.2) is 4.39 Å². The van der Waals surface area contributed by atoms with Gasteiger partial charge < -0.3 is 10.2 Å². The normalized spacial score (nSPS) is 17.5. The van der Waals surface area contributed by atoms with Crippen LogP contribution in [-0.4, -0.2) is 18.0 Å². The first kappa shape index (κ1) is 15.1. The minimum atomic E-state index is -0.395. The number of hydrogen-bond acceptors (Lipinski definition) is 4. The molecule has 2 aliphatic rings. The van der Waals surface area contributed by atoms with Crippen LogP contribution < -0.4 is 16.2 Å². The summed E-state index contributed by atoms with van der Waals surface area (Å²) in [6.07, 6.45) is 1.83. The fraction of sp³-hybridized carbons (Fsp3) is 0.231. The van der Waals surface area contributed by atoms with Crippen molar-refractivity contribution in [3.05, 3.63) is 54.9 Å². The molecule has 1 aromatic rings. The average Bonchev–Trinajstić information content (AvgIpc) is 2.48. The molecule has 0 aromatic heterocycles. The van der Waals surface area contributed by atoms with Crippen LogP contribution in [0.5, 0.6) is 0 Å². The first-order chi connectivity index (χ1) is 10.1. The smallest absolute Gasteiger partial charge is 0.142 e. The quantitative estimate of drug-likeness (QED) is 0.375. The molecule has 2 aliphatic heterocycles. The summed E-state index contributed by atoms with van der Waals surface area (Å²) >= 11 is 14.3. The van der Waals surface area contributed by atoms with Gasteiger partial charge >= 0.3 is 0 Å². The summed E-state index contributed by atoms with van der Waals surface area (Å²) in [5, 5.41) is 3.93. The fourth-order valence-corrected chi connectivity index (χ4v) is 3.46. The molecule has 0 amide bonds. The number of allylic oxidation sites excluding steroid dienone is 1. The maximum Gasteiger partial charge on any atom is 0.142 e. The van der Waals surface area contributed by atoms with Gasteiger partial charge in [-0.2, -0.15) is 0 Å². The molecule has 0 saturated carbocycles. The molecule has 0 bridgehead atoms. The summed E-state index contributed by atoms with van der Waals surface area (Å²) in [7, 11) is 0.